The highest BCUT2D eigenvalue weighted by Gasteiger charge is 2.06. The minimum Gasteiger partial charge on any atom is -0.395 e. The molecule has 3 N–H and O–H groups in total. The van der Waals surface area contributed by atoms with Crippen LogP contribution in [0, 0.1) is 17.7 Å². The summed E-state index contributed by atoms with van der Waals surface area (Å²) in [6.45, 7) is 0.933. The molecular weight excluding hydrogens is 249 g/mol. The maximum Gasteiger partial charge on any atom is 0.124 e. The Morgan fingerprint density at radius 3 is 2.32 bits per heavy atom. The van der Waals surface area contributed by atoms with Crippen LogP contribution in [0.5, 0.6) is 0 Å². The number of aliphatic hydroxyl groups is 3. The summed E-state index contributed by atoms with van der Waals surface area (Å²) < 4.78 is 13.4. The Kier molecular flexibility index (Phi) is 7.08. The summed E-state index contributed by atoms with van der Waals surface area (Å²) in [5.41, 5.74) is 1.21. The second kappa shape index (κ2) is 8.62. The van der Waals surface area contributed by atoms with Crippen LogP contribution in [-0.4, -0.2) is 53.1 Å². The first-order valence-electron chi connectivity index (χ1n) is 6.03. The van der Waals surface area contributed by atoms with Gasteiger partial charge in [-0.1, -0.05) is 11.8 Å². The smallest absolute Gasteiger partial charge is 0.124 e. The number of nitrogens with zero attached hydrogens (tertiary/aromatic N) is 1. The largest absolute Gasteiger partial charge is 0.395 e. The Bertz CT molecular complexity index is 448. The third kappa shape index (κ3) is 5.81. The molecule has 0 bridgehead atoms. The van der Waals surface area contributed by atoms with Crippen molar-refractivity contribution in [3.63, 3.8) is 0 Å². The molecule has 1 aromatic rings. The fourth-order valence-electron chi connectivity index (χ4n) is 1.77. The highest BCUT2D eigenvalue weighted by Crippen LogP contribution is 2.11. The Balaban J connectivity index is 2.83. The number of aliphatic hydroxyl groups excluding tert-OH is 3. The van der Waals surface area contributed by atoms with Gasteiger partial charge in [-0.05, 0) is 23.8 Å². The molecule has 1 rings (SSSR count). The number of hydrogen-bond donors (Lipinski definition) is 3. The second-order valence-corrected chi connectivity index (χ2v) is 4.03. The van der Waals surface area contributed by atoms with Gasteiger partial charge in [0.2, 0.25) is 0 Å². The third-order valence-corrected chi connectivity index (χ3v) is 2.51. The van der Waals surface area contributed by atoms with Crippen molar-refractivity contribution in [2.75, 3.05) is 32.9 Å². The van der Waals surface area contributed by atoms with E-state index in [4.69, 9.17) is 15.3 Å². The SMILES string of the molecule is OCC#Cc1cc(F)cc(CN(CCO)CCO)c1. The van der Waals surface area contributed by atoms with Crippen molar-refractivity contribution in [3.05, 3.63) is 35.1 Å². The molecule has 0 radical (unpaired) electrons. The normalized spacial score (nSPS) is 10.4. The first-order valence-corrected chi connectivity index (χ1v) is 6.03. The van der Waals surface area contributed by atoms with E-state index in [0.29, 0.717) is 30.8 Å². The van der Waals surface area contributed by atoms with Gasteiger partial charge in [-0.3, -0.25) is 4.90 Å². The molecule has 0 fully saturated rings. The molecule has 0 aliphatic carbocycles. The van der Waals surface area contributed by atoms with Crippen LogP contribution < -0.4 is 0 Å². The zero-order chi connectivity index (χ0) is 14.1. The third-order valence-electron chi connectivity index (χ3n) is 2.51. The quantitative estimate of drug-likeness (QED) is 0.633. The highest BCUT2D eigenvalue weighted by atomic mass is 19.1. The molecule has 4 nitrogen and oxygen atoms in total. The van der Waals surface area contributed by atoms with Gasteiger partial charge < -0.3 is 15.3 Å². The molecule has 0 saturated heterocycles. The summed E-state index contributed by atoms with van der Waals surface area (Å²) in [5.74, 6) is 4.73. The molecule has 0 amide bonds. The van der Waals surface area contributed by atoms with Crippen molar-refractivity contribution in [2.24, 2.45) is 0 Å². The fourth-order valence-corrected chi connectivity index (χ4v) is 1.77. The van der Waals surface area contributed by atoms with Gasteiger partial charge in [-0.15, -0.1) is 0 Å². The predicted molar refractivity (Wildman–Crippen MR) is 69.8 cm³/mol. The number of halogens is 1. The summed E-state index contributed by atoms with van der Waals surface area (Å²) in [4.78, 5) is 1.82. The van der Waals surface area contributed by atoms with Crippen molar-refractivity contribution in [1.29, 1.82) is 0 Å². The van der Waals surface area contributed by atoms with E-state index in [2.05, 4.69) is 11.8 Å². The zero-order valence-electron chi connectivity index (χ0n) is 10.6. The van der Waals surface area contributed by atoms with Crippen molar-refractivity contribution in [1.82, 2.24) is 4.90 Å². The van der Waals surface area contributed by atoms with E-state index in [0.717, 1.165) is 0 Å². The summed E-state index contributed by atoms with van der Waals surface area (Å²) >= 11 is 0. The van der Waals surface area contributed by atoms with Crippen LogP contribution in [0.25, 0.3) is 0 Å². The van der Waals surface area contributed by atoms with Gasteiger partial charge in [0.1, 0.15) is 12.4 Å². The maximum atomic E-state index is 13.4. The van der Waals surface area contributed by atoms with Gasteiger partial charge in [0.05, 0.1) is 13.2 Å². The van der Waals surface area contributed by atoms with E-state index < -0.39 is 5.82 Å². The van der Waals surface area contributed by atoms with Crippen LogP contribution in [0.1, 0.15) is 11.1 Å². The van der Waals surface area contributed by atoms with Gasteiger partial charge >= 0.3 is 0 Å². The van der Waals surface area contributed by atoms with Crippen LogP contribution in [-0.2, 0) is 6.54 Å². The van der Waals surface area contributed by atoms with Gasteiger partial charge in [0, 0.05) is 25.2 Å². The average Bonchev–Trinajstić information content (AvgIpc) is 2.36. The Morgan fingerprint density at radius 2 is 1.74 bits per heavy atom. The molecule has 19 heavy (non-hydrogen) atoms. The number of rotatable bonds is 6. The molecule has 0 aliphatic rings. The van der Waals surface area contributed by atoms with E-state index in [-0.39, 0.29) is 19.8 Å². The van der Waals surface area contributed by atoms with Crippen molar-refractivity contribution in [2.45, 2.75) is 6.54 Å². The zero-order valence-corrected chi connectivity index (χ0v) is 10.6. The molecule has 104 valence electrons. The lowest BCUT2D eigenvalue weighted by Crippen LogP contribution is -2.29. The van der Waals surface area contributed by atoms with Crippen LogP contribution >= 0.6 is 0 Å². The fraction of sp³-hybridized carbons (Fsp3) is 0.429. The molecular formula is C14H18FNO3. The molecule has 1 aromatic carbocycles. The lowest BCUT2D eigenvalue weighted by molar-refractivity contribution is 0.156. The van der Waals surface area contributed by atoms with Crippen LogP contribution in [0.4, 0.5) is 4.39 Å². The maximum absolute atomic E-state index is 13.4. The van der Waals surface area contributed by atoms with E-state index in [1.165, 1.54) is 12.1 Å². The van der Waals surface area contributed by atoms with Crippen molar-refractivity contribution in [3.8, 4) is 11.8 Å². The van der Waals surface area contributed by atoms with E-state index >= 15 is 0 Å². The van der Waals surface area contributed by atoms with Crippen LogP contribution in [0.3, 0.4) is 0 Å². The Hall–Kier alpha value is -1.45. The first-order chi connectivity index (χ1) is 9.19. The van der Waals surface area contributed by atoms with E-state index in [9.17, 15) is 4.39 Å². The summed E-state index contributed by atoms with van der Waals surface area (Å²) in [6, 6.07) is 4.42. The average molecular weight is 267 g/mol. The number of hydrogen-bond acceptors (Lipinski definition) is 4. The van der Waals surface area contributed by atoms with E-state index in [1.54, 1.807) is 6.07 Å². The molecule has 0 saturated carbocycles. The lowest BCUT2D eigenvalue weighted by atomic mass is 10.1. The standard InChI is InChI=1S/C14H18FNO3/c15-14-9-12(2-1-5-17)8-13(10-14)11-16(3-6-18)4-7-19/h8-10,17-19H,3-7,11H2. The summed E-state index contributed by atoms with van der Waals surface area (Å²) in [5, 5.41) is 26.5. The van der Waals surface area contributed by atoms with Gasteiger partial charge in [0.25, 0.3) is 0 Å². The van der Waals surface area contributed by atoms with Crippen LogP contribution in [0.2, 0.25) is 0 Å². The molecule has 0 aromatic heterocycles. The van der Waals surface area contributed by atoms with E-state index in [1.807, 2.05) is 4.90 Å². The Morgan fingerprint density at radius 1 is 1.05 bits per heavy atom. The monoisotopic (exact) mass is 267 g/mol. The molecule has 0 aliphatic heterocycles. The summed E-state index contributed by atoms with van der Waals surface area (Å²) in [7, 11) is 0. The van der Waals surface area contributed by atoms with Crippen LogP contribution in [0.15, 0.2) is 18.2 Å². The van der Waals surface area contributed by atoms with Crippen molar-refractivity contribution < 1.29 is 19.7 Å². The van der Waals surface area contributed by atoms with Gasteiger partial charge in [-0.2, -0.15) is 0 Å². The molecule has 0 atom stereocenters. The van der Waals surface area contributed by atoms with Gasteiger partial charge in [0.15, 0.2) is 0 Å². The molecule has 0 unspecified atom stereocenters. The Labute approximate surface area is 112 Å². The summed E-state index contributed by atoms with van der Waals surface area (Å²) in [6.07, 6.45) is 0. The van der Waals surface area contributed by atoms with Crippen molar-refractivity contribution >= 4 is 0 Å². The minimum absolute atomic E-state index is 0.0213. The minimum atomic E-state index is -0.396. The highest BCUT2D eigenvalue weighted by molar-refractivity contribution is 5.37. The topological polar surface area (TPSA) is 63.9 Å². The first kappa shape index (κ1) is 15.6. The lowest BCUT2D eigenvalue weighted by Gasteiger charge is -2.20. The molecule has 0 spiro atoms. The number of benzene rings is 1. The molecule has 0 heterocycles. The molecule has 5 heteroatoms. The second-order valence-electron chi connectivity index (χ2n) is 4.03. The van der Waals surface area contributed by atoms with Gasteiger partial charge in [-0.25, -0.2) is 4.39 Å². The predicted octanol–water partition coefficient (Wildman–Crippen LogP) is -0.0439.